The lowest BCUT2D eigenvalue weighted by atomic mass is 9.96. The van der Waals surface area contributed by atoms with E-state index in [0.29, 0.717) is 11.6 Å². The van der Waals surface area contributed by atoms with Gasteiger partial charge >= 0.3 is 0 Å². The van der Waals surface area contributed by atoms with Crippen LogP contribution in [-0.2, 0) is 10.0 Å². The Bertz CT molecular complexity index is 566. The van der Waals surface area contributed by atoms with Gasteiger partial charge in [0.2, 0.25) is 10.0 Å². The minimum atomic E-state index is -3.18. The molecule has 0 aliphatic carbocycles. The Balaban J connectivity index is 2.15. The first kappa shape index (κ1) is 17.7. The minimum absolute atomic E-state index is 0.0612. The number of sulfonamides is 1. The van der Waals surface area contributed by atoms with Gasteiger partial charge in [0.1, 0.15) is 0 Å². The first-order chi connectivity index (χ1) is 10.4. The molecule has 22 heavy (non-hydrogen) atoms. The van der Waals surface area contributed by atoms with Crippen LogP contribution in [0.4, 0.5) is 0 Å². The number of halogens is 1. The summed E-state index contributed by atoms with van der Waals surface area (Å²) in [5.74, 6) is 0.853. The molecule has 0 aromatic heterocycles. The van der Waals surface area contributed by atoms with Crippen molar-refractivity contribution in [2.24, 2.45) is 5.92 Å². The molecular weight excluding hydrogens is 320 g/mol. The van der Waals surface area contributed by atoms with Gasteiger partial charge in [-0.25, -0.2) is 13.1 Å². The highest BCUT2D eigenvalue weighted by molar-refractivity contribution is 7.89. The van der Waals surface area contributed by atoms with E-state index in [1.54, 1.807) is 6.92 Å². The average Bonchev–Trinajstić information content (AvgIpc) is 2.51. The Hall–Kier alpha value is -0.620. The number of nitrogens with one attached hydrogen (secondary N) is 1. The number of piperidine rings is 1. The van der Waals surface area contributed by atoms with Gasteiger partial charge in [-0.1, -0.05) is 30.7 Å². The zero-order valence-electron chi connectivity index (χ0n) is 13.3. The van der Waals surface area contributed by atoms with Crippen molar-refractivity contribution in [2.75, 3.05) is 25.4 Å². The minimum Gasteiger partial charge on any atom is -0.295 e. The van der Waals surface area contributed by atoms with Crippen LogP contribution in [0.25, 0.3) is 0 Å². The van der Waals surface area contributed by atoms with E-state index in [2.05, 4.69) is 16.5 Å². The predicted molar refractivity (Wildman–Crippen MR) is 91.6 cm³/mol. The molecule has 4 nitrogen and oxygen atoms in total. The van der Waals surface area contributed by atoms with Gasteiger partial charge in [-0.2, -0.15) is 0 Å². The fourth-order valence-corrected chi connectivity index (χ4v) is 3.53. The van der Waals surface area contributed by atoms with Crippen molar-refractivity contribution in [3.63, 3.8) is 0 Å². The summed E-state index contributed by atoms with van der Waals surface area (Å²) in [4.78, 5) is 2.38. The van der Waals surface area contributed by atoms with E-state index in [1.165, 1.54) is 0 Å². The molecule has 1 aliphatic rings. The standard InChI is InChI=1S/C16H25ClN2O2S/c1-3-22(20,21)18-12-16(14-4-6-15(17)7-5-14)19-10-8-13(2)9-11-19/h4-7,13,16,18H,3,8-12H2,1-2H3. The fraction of sp³-hybridized carbons (Fsp3) is 0.625. The van der Waals surface area contributed by atoms with E-state index >= 15 is 0 Å². The number of rotatable bonds is 6. The molecule has 2 rings (SSSR count). The summed E-state index contributed by atoms with van der Waals surface area (Å²) >= 11 is 5.97. The normalized spacial score (nSPS) is 19.2. The first-order valence-electron chi connectivity index (χ1n) is 7.88. The Morgan fingerprint density at radius 2 is 1.86 bits per heavy atom. The second-order valence-corrected chi connectivity index (χ2v) is 8.57. The third kappa shape index (κ3) is 4.95. The van der Waals surface area contributed by atoms with Crippen molar-refractivity contribution in [3.05, 3.63) is 34.9 Å². The van der Waals surface area contributed by atoms with Gasteiger partial charge in [0, 0.05) is 17.6 Å². The molecule has 1 atom stereocenters. The molecule has 6 heteroatoms. The van der Waals surface area contributed by atoms with Crippen molar-refractivity contribution in [3.8, 4) is 0 Å². The Morgan fingerprint density at radius 3 is 2.41 bits per heavy atom. The van der Waals surface area contributed by atoms with E-state index in [0.717, 1.165) is 37.4 Å². The maximum Gasteiger partial charge on any atom is 0.211 e. The molecule has 0 bridgehead atoms. The molecule has 1 aliphatic heterocycles. The van der Waals surface area contributed by atoms with Crippen molar-refractivity contribution in [1.82, 2.24) is 9.62 Å². The predicted octanol–water partition coefficient (Wildman–Crippen LogP) is 3.05. The largest absolute Gasteiger partial charge is 0.295 e. The smallest absolute Gasteiger partial charge is 0.211 e. The van der Waals surface area contributed by atoms with Gasteiger partial charge in [-0.15, -0.1) is 0 Å². The van der Waals surface area contributed by atoms with E-state index in [4.69, 9.17) is 11.6 Å². The van der Waals surface area contributed by atoms with Gasteiger partial charge < -0.3 is 0 Å². The van der Waals surface area contributed by atoms with E-state index in [-0.39, 0.29) is 11.8 Å². The summed E-state index contributed by atoms with van der Waals surface area (Å²) in [6.07, 6.45) is 2.31. The van der Waals surface area contributed by atoms with Gasteiger partial charge in [0.25, 0.3) is 0 Å². The Morgan fingerprint density at radius 1 is 1.27 bits per heavy atom. The summed E-state index contributed by atoms with van der Waals surface area (Å²) in [6.45, 7) is 6.34. The van der Waals surface area contributed by atoms with Crippen LogP contribution in [0.15, 0.2) is 24.3 Å². The van der Waals surface area contributed by atoms with Crippen LogP contribution in [0.3, 0.4) is 0 Å². The van der Waals surface area contributed by atoms with Crippen molar-refractivity contribution >= 4 is 21.6 Å². The summed E-state index contributed by atoms with van der Waals surface area (Å²) in [5, 5.41) is 0.698. The number of hydrogen-bond acceptors (Lipinski definition) is 3. The number of nitrogens with zero attached hydrogens (tertiary/aromatic N) is 1. The van der Waals surface area contributed by atoms with Crippen LogP contribution < -0.4 is 4.72 Å². The maximum absolute atomic E-state index is 11.8. The van der Waals surface area contributed by atoms with Gasteiger partial charge in [-0.3, -0.25) is 4.90 Å². The van der Waals surface area contributed by atoms with Crippen LogP contribution in [0, 0.1) is 5.92 Å². The summed E-state index contributed by atoms with van der Waals surface area (Å²) in [5.41, 5.74) is 1.11. The van der Waals surface area contributed by atoms with Crippen molar-refractivity contribution in [2.45, 2.75) is 32.7 Å². The molecule has 1 unspecified atom stereocenters. The quantitative estimate of drug-likeness (QED) is 0.862. The maximum atomic E-state index is 11.8. The first-order valence-corrected chi connectivity index (χ1v) is 9.91. The molecule has 0 saturated carbocycles. The Labute approximate surface area is 138 Å². The fourth-order valence-electron chi connectivity index (χ4n) is 2.79. The zero-order valence-corrected chi connectivity index (χ0v) is 14.8. The SMILES string of the molecule is CCS(=O)(=O)NCC(c1ccc(Cl)cc1)N1CCC(C)CC1. The number of benzene rings is 1. The lowest BCUT2D eigenvalue weighted by Gasteiger charge is -2.37. The molecule has 1 aromatic rings. The van der Waals surface area contributed by atoms with E-state index in [1.807, 2.05) is 24.3 Å². The molecule has 0 amide bonds. The average molecular weight is 345 g/mol. The second kappa shape index (κ2) is 7.77. The second-order valence-electron chi connectivity index (χ2n) is 6.04. The van der Waals surface area contributed by atoms with Gasteiger partial charge in [-0.05, 0) is 56.5 Å². The van der Waals surface area contributed by atoms with E-state index in [9.17, 15) is 8.42 Å². The van der Waals surface area contributed by atoms with Crippen molar-refractivity contribution < 1.29 is 8.42 Å². The molecule has 1 heterocycles. The lowest BCUT2D eigenvalue weighted by Crippen LogP contribution is -2.42. The lowest BCUT2D eigenvalue weighted by molar-refractivity contribution is 0.139. The molecule has 1 saturated heterocycles. The Kier molecular flexibility index (Phi) is 6.26. The summed E-state index contributed by atoms with van der Waals surface area (Å²) in [7, 11) is -3.18. The summed E-state index contributed by atoms with van der Waals surface area (Å²) in [6, 6.07) is 7.78. The number of likely N-dealkylation sites (tertiary alicyclic amines) is 1. The molecule has 1 aromatic carbocycles. The van der Waals surface area contributed by atoms with Crippen LogP contribution in [0.1, 0.15) is 38.3 Å². The molecular formula is C16H25ClN2O2S. The number of hydrogen-bond donors (Lipinski definition) is 1. The highest BCUT2D eigenvalue weighted by Crippen LogP contribution is 2.27. The molecule has 0 radical (unpaired) electrons. The zero-order chi connectivity index (χ0) is 16.2. The van der Waals surface area contributed by atoms with Crippen LogP contribution in [0.5, 0.6) is 0 Å². The van der Waals surface area contributed by atoms with Crippen molar-refractivity contribution in [1.29, 1.82) is 0 Å². The van der Waals surface area contributed by atoms with Crippen LogP contribution >= 0.6 is 11.6 Å². The van der Waals surface area contributed by atoms with Gasteiger partial charge in [0.15, 0.2) is 0 Å². The third-order valence-corrected chi connectivity index (χ3v) is 6.01. The van der Waals surface area contributed by atoms with Crippen LogP contribution in [0.2, 0.25) is 5.02 Å². The molecule has 1 fully saturated rings. The van der Waals surface area contributed by atoms with E-state index < -0.39 is 10.0 Å². The highest BCUT2D eigenvalue weighted by Gasteiger charge is 2.25. The molecule has 124 valence electrons. The van der Waals surface area contributed by atoms with Crippen LogP contribution in [-0.4, -0.2) is 38.7 Å². The molecule has 0 spiro atoms. The topological polar surface area (TPSA) is 49.4 Å². The highest BCUT2D eigenvalue weighted by atomic mass is 35.5. The third-order valence-electron chi connectivity index (χ3n) is 4.39. The molecule has 1 N–H and O–H groups in total. The monoisotopic (exact) mass is 344 g/mol. The summed E-state index contributed by atoms with van der Waals surface area (Å²) < 4.78 is 26.3. The van der Waals surface area contributed by atoms with Gasteiger partial charge in [0.05, 0.1) is 5.75 Å².